The third-order valence-electron chi connectivity index (χ3n) is 10.5. The number of urea groups is 1. The van der Waals surface area contributed by atoms with Crippen molar-refractivity contribution in [1.29, 1.82) is 0 Å². The molecule has 254 valence electrons. The average molecular weight is 682 g/mol. The third-order valence-corrected chi connectivity index (χ3v) is 12.1. The van der Waals surface area contributed by atoms with Crippen LogP contribution >= 0.6 is 11.6 Å². The Morgan fingerprint density at radius 3 is 2.62 bits per heavy atom. The van der Waals surface area contributed by atoms with Gasteiger partial charge in [-0.1, -0.05) is 36.7 Å². The predicted octanol–water partition coefficient (Wildman–Crippen LogP) is 7.12. The summed E-state index contributed by atoms with van der Waals surface area (Å²) in [4.78, 5) is 30.9. The lowest BCUT2D eigenvalue weighted by Crippen LogP contribution is -2.64. The molecule has 0 radical (unpaired) electrons. The Bertz CT molecular complexity index is 1590. The van der Waals surface area contributed by atoms with Crippen LogP contribution in [0.1, 0.15) is 73.9 Å². The van der Waals surface area contributed by atoms with Crippen molar-refractivity contribution in [3.63, 3.8) is 0 Å². The highest BCUT2D eigenvalue weighted by atomic mass is 35.5. The lowest BCUT2D eigenvalue weighted by Gasteiger charge is -2.46. The van der Waals surface area contributed by atoms with Gasteiger partial charge in [0, 0.05) is 30.8 Å². The maximum Gasteiger partial charge on any atom is 0.316 e. The van der Waals surface area contributed by atoms with Crippen molar-refractivity contribution in [2.24, 2.45) is 22.1 Å². The molecule has 3 heterocycles. The van der Waals surface area contributed by atoms with Gasteiger partial charge in [-0.25, -0.2) is 4.79 Å². The van der Waals surface area contributed by atoms with Crippen molar-refractivity contribution in [3.8, 4) is 5.75 Å². The Kier molecular flexibility index (Phi) is 10.8. The number of carbonyl (C=O) groups excluding carboxylic acids is 2. The van der Waals surface area contributed by atoms with Crippen molar-refractivity contribution in [3.05, 3.63) is 70.3 Å². The second kappa shape index (κ2) is 15.0. The normalized spacial score (nSPS) is 29.4. The first-order valence-corrected chi connectivity index (χ1v) is 18.5. The van der Waals surface area contributed by atoms with Crippen LogP contribution in [0.5, 0.6) is 5.75 Å². The number of ether oxygens (including phenoxy) is 2. The number of rotatable bonds is 2. The highest BCUT2D eigenvalue weighted by Gasteiger charge is 2.39. The van der Waals surface area contributed by atoms with E-state index in [-0.39, 0.29) is 24.1 Å². The second-order valence-electron chi connectivity index (χ2n) is 13.5. The van der Waals surface area contributed by atoms with Gasteiger partial charge in [-0.3, -0.25) is 4.79 Å². The van der Waals surface area contributed by atoms with Gasteiger partial charge < -0.3 is 33.2 Å². The first-order chi connectivity index (χ1) is 22.7. The number of allylic oxidation sites excluding steroid dienone is 2. The molecule has 3 amide bonds. The first kappa shape index (κ1) is 33.8. The van der Waals surface area contributed by atoms with Crippen LogP contribution in [0.25, 0.3) is 0 Å². The summed E-state index contributed by atoms with van der Waals surface area (Å²) in [6, 6.07) is 11.1. The molecule has 2 bridgehead atoms. The molecule has 3 aliphatic heterocycles. The highest BCUT2D eigenvalue weighted by molar-refractivity contribution is 7.75. The molecule has 1 unspecified atom stereocenters. The number of nitrogens with zero attached hydrogens (tertiary/aromatic N) is 3. The number of benzene rings is 2. The summed E-state index contributed by atoms with van der Waals surface area (Å²) in [5, 5.41) is 2.85. The van der Waals surface area contributed by atoms with Gasteiger partial charge in [0.15, 0.2) is 0 Å². The number of amides is 3. The number of aryl methyl sites for hydroxylation is 1. The summed E-state index contributed by atoms with van der Waals surface area (Å²) in [5.74, 6) is 0.982. The van der Waals surface area contributed by atoms with E-state index in [9.17, 15) is 13.8 Å². The zero-order valence-corrected chi connectivity index (χ0v) is 29.1. The molecule has 11 heteroatoms. The molecule has 6 rings (SSSR count). The molecule has 1 aliphatic carbocycles. The molecule has 4 aliphatic rings. The predicted molar refractivity (Wildman–Crippen MR) is 185 cm³/mol. The largest absolute Gasteiger partial charge is 0.491 e. The van der Waals surface area contributed by atoms with Crippen LogP contribution in [-0.4, -0.2) is 61.2 Å². The fourth-order valence-electron chi connectivity index (χ4n) is 7.13. The Morgan fingerprint density at radius 2 is 1.85 bits per heavy atom. The quantitative estimate of drug-likeness (QED) is 0.268. The van der Waals surface area contributed by atoms with E-state index in [0.29, 0.717) is 43.5 Å². The summed E-state index contributed by atoms with van der Waals surface area (Å²) >= 11 is 6.43. The summed E-state index contributed by atoms with van der Waals surface area (Å²) in [5.41, 5.74) is 3.64. The smallest absolute Gasteiger partial charge is 0.316 e. The molecule has 1 saturated carbocycles. The summed E-state index contributed by atoms with van der Waals surface area (Å²) in [6.45, 7) is 6.39. The van der Waals surface area contributed by atoms with Crippen molar-refractivity contribution in [1.82, 2.24) is 10.2 Å². The van der Waals surface area contributed by atoms with E-state index in [1.165, 1.54) is 17.5 Å². The molecule has 9 nitrogen and oxygen atoms in total. The van der Waals surface area contributed by atoms with E-state index in [0.717, 1.165) is 55.1 Å². The average Bonchev–Trinajstić information content (AvgIpc) is 3.07. The molecule has 2 fully saturated rings. The number of carbonyl (C=O) groups is 2. The van der Waals surface area contributed by atoms with Crippen molar-refractivity contribution >= 4 is 39.8 Å². The van der Waals surface area contributed by atoms with Crippen LogP contribution in [0.4, 0.5) is 10.5 Å². The Labute approximate surface area is 285 Å². The van der Waals surface area contributed by atoms with Crippen LogP contribution in [0.15, 0.2) is 52.9 Å². The van der Waals surface area contributed by atoms with Crippen LogP contribution in [0, 0.1) is 17.8 Å². The maximum atomic E-state index is 13.8. The van der Waals surface area contributed by atoms with E-state index in [1.807, 2.05) is 32.0 Å². The second-order valence-corrected chi connectivity index (χ2v) is 15.2. The summed E-state index contributed by atoms with van der Waals surface area (Å²) in [6.07, 6.45) is 11.0. The number of fused-ring (bicyclic) bond motifs is 3. The number of anilines is 1. The van der Waals surface area contributed by atoms with Gasteiger partial charge in [0.25, 0.3) is 5.91 Å². The van der Waals surface area contributed by atoms with Gasteiger partial charge in [-0.2, -0.15) is 10.6 Å². The van der Waals surface area contributed by atoms with E-state index < -0.39 is 21.9 Å². The summed E-state index contributed by atoms with van der Waals surface area (Å²) in [7, 11) is -0.380. The standard InChI is InChI=1S/C36H46ClN4O5S/c1-23-8-4-5-9-25-11-12-28(25)20-40-21-29-13-15-30(37)18-26(29)10-6-7-17-46-32-16-14-27(19-31(32)40)34(42)39-47(44)35(23)38-36(43)41-22-33(45-3)24(41)2/h4-5,13-16,18-19,23-25,28,33,35H,6-12,17,20-22H2,1-3H3,(H,38,43)/q-1/b5-4+/t23-,24-,25+,28-,33+,35?/m0/s1. The van der Waals surface area contributed by atoms with E-state index >= 15 is 0 Å². The Hall–Kier alpha value is -3.08. The Morgan fingerprint density at radius 1 is 1.04 bits per heavy atom. The minimum absolute atomic E-state index is 0.0319. The zero-order valence-electron chi connectivity index (χ0n) is 27.5. The summed E-state index contributed by atoms with van der Waals surface area (Å²) < 4.78 is 29.7. The Balaban J connectivity index is 1.36. The van der Waals surface area contributed by atoms with E-state index in [2.05, 4.69) is 38.9 Å². The lowest BCUT2D eigenvalue weighted by atomic mass is 9.71. The lowest BCUT2D eigenvalue weighted by molar-refractivity contribution is -0.0522. The number of hydrogen-bond donors (Lipinski definition) is 1. The van der Waals surface area contributed by atoms with E-state index in [4.69, 9.17) is 21.1 Å². The van der Waals surface area contributed by atoms with Gasteiger partial charge in [-0.05, 0) is 116 Å². The first-order valence-electron chi connectivity index (χ1n) is 16.9. The molecule has 0 spiro atoms. The minimum atomic E-state index is -2.01. The van der Waals surface area contributed by atoms with Gasteiger partial charge >= 0.3 is 6.03 Å². The van der Waals surface area contributed by atoms with E-state index in [1.54, 1.807) is 18.1 Å². The monoisotopic (exact) mass is 681 g/mol. The molecule has 47 heavy (non-hydrogen) atoms. The molecule has 2 aromatic carbocycles. The zero-order chi connectivity index (χ0) is 33.1. The van der Waals surface area contributed by atoms with Crippen molar-refractivity contribution < 1.29 is 23.3 Å². The fraction of sp³-hybridized carbons (Fsp3) is 0.556. The van der Waals surface area contributed by atoms with Gasteiger partial charge in [-0.15, -0.1) is 0 Å². The molecule has 2 aromatic rings. The molecule has 0 aromatic heterocycles. The molecular weight excluding hydrogens is 636 g/mol. The molecular formula is C36H46ClN4O5S-. The van der Waals surface area contributed by atoms with Crippen LogP contribution in [0.2, 0.25) is 5.02 Å². The van der Waals surface area contributed by atoms with Crippen LogP contribution < -0.4 is 15.0 Å². The number of methoxy groups -OCH3 is 1. The number of halogens is 1. The molecule has 6 atom stereocenters. The maximum absolute atomic E-state index is 13.8. The molecule has 1 N–H and O–H groups in total. The van der Waals surface area contributed by atoms with Gasteiger partial charge in [0.1, 0.15) is 5.75 Å². The van der Waals surface area contributed by atoms with Crippen molar-refractivity contribution in [2.75, 3.05) is 31.7 Å². The SMILES string of the molecule is CO[C@@H]1CN(C(=O)NC2[C@@H](C)C/C=C/C[C@@H]3CC[C@H]3CN3Cc4ccc(Cl)cc4CCCCOc4ccc(cc43)C(=O)N=[S-]2=O)[C@H]1C. The van der Waals surface area contributed by atoms with Crippen LogP contribution in [-0.2, 0) is 32.5 Å². The minimum Gasteiger partial charge on any atom is -0.491 e. The van der Waals surface area contributed by atoms with Crippen molar-refractivity contribution in [2.45, 2.75) is 82.9 Å². The van der Waals surface area contributed by atoms with Crippen LogP contribution in [0.3, 0.4) is 0 Å². The number of hydrogen-bond acceptors (Lipinski definition) is 7. The highest BCUT2D eigenvalue weighted by Crippen LogP contribution is 2.41. The number of likely N-dealkylation sites (tertiary alicyclic amines) is 1. The number of nitrogens with one attached hydrogen (secondary N) is 1. The van der Waals surface area contributed by atoms with Gasteiger partial charge in [0.05, 0.1) is 31.0 Å². The topological polar surface area (TPSA) is 101 Å². The molecule has 1 saturated heterocycles. The fourth-order valence-corrected chi connectivity index (χ4v) is 8.42. The third kappa shape index (κ3) is 7.65. The van der Waals surface area contributed by atoms with Gasteiger partial charge in [0.2, 0.25) is 0 Å².